The summed E-state index contributed by atoms with van der Waals surface area (Å²) in [7, 11) is 0. The molecule has 0 saturated carbocycles. The zero-order chi connectivity index (χ0) is 20.6. The molecule has 1 aromatic carbocycles. The number of carbonyl (C=O) groups excluding carboxylic acids is 3. The molecule has 0 bridgehead atoms. The monoisotopic (exact) mass is 373 g/mol. The predicted molar refractivity (Wildman–Crippen MR) is 104 cm³/mol. The van der Waals surface area contributed by atoms with Crippen LogP contribution in [0.2, 0.25) is 0 Å². The van der Waals surface area contributed by atoms with E-state index in [2.05, 4.69) is 21.9 Å². The van der Waals surface area contributed by atoms with Crippen molar-refractivity contribution < 1.29 is 19.5 Å². The molecule has 3 amide bonds. The van der Waals surface area contributed by atoms with E-state index < -0.39 is 30.0 Å². The van der Waals surface area contributed by atoms with Crippen molar-refractivity contribution in [3.63, 3.8) is 0 Å². The van der Waals surface area contributed by atoms with Crippen LogP contribution < -0.4 is 16.0 Å². The van der Waals surface area contributed by atoms with Crippen LogP contribution in [-0.2, 0) is 14.4 Å². The Labute approximate surface area is 159 Å². The Morgan fingerprint density at radius 3 is 2.15 bits per heavy atom. The standard InChI is InChI=1S/C20H27N3O4/c1-6-7-17(25)15-8-10-16(11-9-15)23-19(26)13(4)21-20(27)18(12(2)3)22-14(5)24/h1,8-13,17-18,25H,7H2,2-5H3,(H,21,27)(H,22,24)(H,23,26)/t13?,17?,18-/m0/s1. The summed E-state index contributed by atoms with van der Waals surface area (Å²) in [6.45, 7) is 6.51. The Bertz CT molecular complexity index is 707. The third-order valence-electron chi connectivity index (χ3n) is 3.93. The predicted octanol–water partition coefficient (Wildman–Crippen LogP) is 1.35. The van der Waals surface area contributed by atoms with E-state index in [9.17, 15) is 19.5 Å². The van der Waals surface area contributed by atoms with E-state index >= 15 is 0 Å². The number of nitrogens with one attached hydrogen (secondary N) is 3. The summed E-state index contributed by atoms with van der Waals surface area (Å²) in [5, 5.41) is 17.7. The molecule has 27 heavy (non-hydrogen) atoms. The van der Waals surface area contributed by atoms with Gasteiger partial charge in [-0.2, -0.15) is 0 Å². The van der Waals surface area contributed by atoms with E-state index in [1.807, 2.05) is 0 Å². The first-order valence-electron chi connectivity index (χ1n) is 8.75. The molecule has 0 spiro atoms. The maximum atomic E-state index is 12.3. The number of aliphatic hydroxyl groups is 1. The molecule has 0 aromatic heterocycles. The van der Waals surface area contributed by atoms with Crippen molar-refractivity contribution >= 4 is 23.4 Å². The molecule has 0 aliphatic carbocycles. The summed E-state index contributed by atoms with van der Waals surface area (Å²) in [5.41, 5.74) is 1.18. The van der Waals surface area contributed by atoms with Crippen molar-refractivity contribution in [1.82, 2.24) is 10.6 Å². The SMILES string of the molecule is C#CCC(O)c1ccc(NC(=O)C(C)NC(=O)[C@@H](NC(C)=O)C(C)C)cc1. The Kier molecular flexibility index (Phi) is 8.49. The number of terminal acetylenes is 1. The quantitative estimate of drug-likeness (QED) is 0.516. The number of carbonyl (C=O) groups is 3. The molecule has 1 rings (SSSR count). The van der Waals surface area contributed by atoms with E-state index in [4.69, 9.17) is 6.42 Å². The van der Waals surface area contributed by atoms with Crippen LogP contribution in [0.1, 0.15) is 45.8 Å². The zero-order valence-corrected chi connectivity index (χ0v) is 16.1. The Morgan fingerprint density at radius 1 is 1.07 bits per heavy atom. The molecule has 7 heteroatoms. The minimum atomic E-state index is -0.792. The topological polar surface area (TPSA) is 108 Å². The molecule has 146 valence electrons. The van der Waals surface area contributed by atoms with E-state index in [0.717, 1.165) is 0 Å². The van der Waals surface area contributed by atoms with E-state index in [1.54, 1.807) is 45.0 Å². The molecular weight excluding hydrogens is 346 g/mol. The summed E-state index contributed by atoms with van der Waals surface area (Å²) in [4.78, 5) is 35.9. The van der Waals surface area contributed by atoms with Crippen molar-refractivity contribution in [1.29, 1.82) is 0 Å². The van der Waals surface area contributed by atoms with Gasteiger partial charge in [0.05, 0.1) is 6.10 Å². The smallest absolute Gasteiger partial charge is 0.246 e. The van der Waals surface area contributed by atoms with Crippen molar-refractivity contribution in [2.45, 2.75) is 52.3 Å². The molecule has 4 N–H and O–H groups in total. The fraction of sp³-hybridized carbons (Fsp3) is 0.450. The normalized spacial score (nSPS) is 13.8. The molecule has 0 aliphatic rings. The molecule has 7 nitrogen and oxygen atoms in total. The van der Waals surface area contributed by atoms with Crippen LogP contribution in [0.5, 0.6) is 0 Å². The van der Waals surface area contributed by atoms with E-state index in [0.29, 0.717) is 11.3 Å². The summed E-state index contributed by atoms with van der Waals surface area (Å²) in [6, 6.07) is 5.14. The third-order valence-corrected chi connectivity index (χ3v) is 3.93. The van der Waals surface area contributed by atoms with Gasteiger partial charge in [-0.05, 0) is 30.5 Å². The zero-order valence-electron chi connectivity index (χ0n) is 16.1. The minimum Gasteiger partial charge on any atom is -0.387 e. The van der Waals surface area contributed by atoms with Crippen molar-refractivity contribution in [3.8, 4) is 12.3 Å². The van der Waals surface area contributed by atoms with Gasteiger partial charge in [0, 0.05) is 19.0 Å². The van der Waals surface area contributed by atoms with Crippen LogP contribution in [0.25, 0.3) is 0 Å². The summed E-state index contributed by atoms with van der Waals surface area (Å²) in [6.07, 6.45) is 4.64. The number of aliphatic hydroxyl groups excluding tert-OH is 1. The van der Waals surface area contributed by atoms with Gasteiger partial charge >= 0.3 is 0 Å². The average molecular weight is 373 g/mol. The molecule has 0 saturated heterocycles. The van der Waals surface area contributed by atoms with Gasteiger partial charge in [-0.1, -0.05) is 26.0 Å². The first-order chi connectivity index (χ1) is 12.6. The largest absolute Gasteiger partial charge is 0.387 e. The number of anilines is 1. The number of rotatable bonds is 8. The number of benzene rings is 1. The van der Waals surface area contributed by atoms with Crippen molar-refractivity contribution in [3.05, 3.63) is 29.8 Å². The van der Waals surface area contributed by atoms with Crippen LogP contribution >= 0.6 is 0 Å². The van der Waals surface area contributed by atoms with E-state index in [-0.39, 0.29) is 18.2 Å². The lowest BCUT2D eigenvalue weighted by molar-refractivity contribution is -0.131. The molecule has 0 radical (unpaired) electrons. The van der Waals surface area contributed by atoms with Gasteiger partial charge in [0.15, 0.2) is 0 Å². The van der Waals surface area contributed by atoms with Gasteiger partial charge in [0.1, 0.15) is 12.1 Å². The van der Waals surface area contributed by atoms with Gasteiger partial charge in [-0.15, -0.1) is 12.3 Å². The van der Waals surface area contributed by atoms with Crippen LogP contribution in [0.3, 0.4) is 0 Å². The van der Waals surface area contributed by atoms with Gasteiger partial charge in [-0.25, -0.2) is 0 Å². The number of hydrogen-bond donors (Lipinski definition) is 4. The third kappa shape index (κ3) is 7.12. The van der Waals surface area contributed by atoms with Gasteiger partial charge < -0.3 is 21.1 Å². The molecule has 1 aromatic rings. The number of amides is 3. The Hall–Kier alpha value is -2.85. The second kappa shape index (κ2) is 10.3. The van der Waals surface area contributed by atoms with Gasteiger partial charge in [0.2, 0.25) is 17.7 Å². The summed E-state index contributed by atoms with van der Waals surface area (Å²) in [5.74, 6) is 1.14. The molecule has 0 aliphatic heterocycles. The van der Waals surface area contributed by atoms with Crippen LogP contribution in [0.4, 0.5) is 5.69 Å². The maximum Gasteiger partial charge on any atom is 0.246 e. The highest BCUT2D eigenvalue weighted by molar-refractivity contribution is 5.98. The Morgan fingerprint density at radius 2 is 1.67 bits per heavy atom. The minimum absolute atomic E-state index is 0.119. The summed E-state index contributed by atoms with van der Waals surface area (Å²) >= 11 is 0. The Balaban J connectivity index is 2.67. The fourth-order valence-corrected chi connectivity index (χ4v) is 2.39. The van der Waals surface area contributed by atoms with Gasteiger partial charge in [-0.3, -0.25) is 14.4 Å². The lowest BCUT2D eigenvalue weighted by atomic mass is 10.0. The lowest BCUT2D eigenvalue weighted by Gasteiger charge is -2.23. The highest BCUT2D eigenvalue weighted by atomic mass is 16.3. The molecule has 3 atom stereocenters. The maximum absolute atomic E-state index is 12.3. The van der Waals surface area contributed by atoms with E-state index in [1.165, 1.54) is 6.92 Å². The van der Waals surface area contributed by atoms with Crippen molar-refractivity contribution in [2.75, 3.05) is 5.32 Å². The first kappa shape index (κ1) is 22.2. The van der Waals surface area contributed by atoms with Crippen LogP contribution in [-0.4, -0.2) is 34.9 Å². The fourth-order valence-electron chi connectivity index (χ4n) is 2.39. The highest BCUT2D eigenvalue weighted by Gasteiger charge is 2.26. The molecular formula is C20H27N3O4. The van der Waals surface area contributed by atoms with Crippen LogP contribution in [0, 0.1) is 18.3 Å². The van der Waals surface area contributed by atoms with Crippen LogP contribution in [0.15, 0.2) is 24.3 Å². The molecule has 2 unspecified atom stereocenters. The molecule has 0 heterocycles. The second-order valence-electron chi connectivity index (χ2n) is 6.69. The van der Waals surface area contributed by atoms with Crippen molar-refractivity contribution in [2.24, 2.45) is 5.92 Å². The molecule has 0 fully saturated rings. The lowest BCUT2D eigenvalue weighted by Crippen LogP contribution is -2.53. The highest BCUT2D eigenvalue weighted by Crippen LogP contribution is 2.18. The second-order valence-corrected chi connectivity index (χ2v) is 6.69. The number of hydrogen-bond acceptors (Lipinski definition) is 4. The van der Waals surface area contributed by atoms with Gasteiger partial charge in [0.25, 0.3) is 0 Å². The average Bonchev–Trinajstić information content (AvgIpc) is 2.59. The summed E-state index contributed by atoms with van der Waals surface area (Å²) < 4.78 is 0. The first-order valence-corrected chi connectivity index (χ1v) is 8.75.